The Labute approximate surface area is 196 Å². The smallest absolute Gasteiger partial charge is 0.341 e. The van der Waals surface area contributed by atoms with Crippen LogP contribution in [0.1, 0.15) is 41.6 Å². The number of anilines is 1. The van der Waals surface area contributed by atoms with Crippen molar-refractivity contribution in [3.05, 3.63) is 78.2 Å². The lowest BCUT2D eigenvalue weighted by atomic mass is 10.0. The number of aromatic nitrogens is 5. The van der Waals surface area contributed by atoms with Gasteiger partial charge in [-0.1, -0.05) is 56.0 Å². The summed E-state index contributed by atoms with van der Waals surface area (Å²) in [5.41, 5.74) is 3.75. The summed E-state index contributed by atoms with van der Waals surface area (Å²) in [5, 5.41) is 14.8. The summed E-state index contributed by atoms with van der Waals surface area (Å²) < 4.78 is 1.57. The van der Waals surface area contributed by atoms with Crippen molar-refractivity contribution >= 4 is 28.5 Å². The zero-order valence-electron chi connectivity index (χ0n) is 19.0. The molecule has 0 unspecified atom stereocenters. The van der Waals surface area contributed by atoms with E-state index in [1.54, 1.807) is 10.7 Å². The monoisotopic (exact) mass is 454 g/mol. The van der Waals surface area contributed by atoms with E-state index in [2.05, 4.69) is 20.1 Å². The molecule has 0 spiro atoms. The van der Waals surface area contributed by atoms with Crippen LogP contribution in [-0.2, 0) is 6.54 Å². The average molecular weight is 455 g/mol. The van der Waals surface area contributed by atoms with E-state index in [9.17, 15) is 9.90 Å². The first-order valence-corrected chi connectivity index (χ1v) is 11.4. The van der Waals surface area contributed by atoms with Crippen LogP contribution < -0.4 is 4.90 Å². The van der Waals surface area contributed by atoms with Gasteiger partial charge in [0.1, 0.15) is 17.0 Å². The Morgan fingerprint density at radius 3 is 2.59 bits per heavy atom. The van der Waals surface area contributed by atoms with E-state index in [0.717, 1.165) is 28.0 Å². The minimum atomic E-state index is -1.06. The van der Waals surface area contributed by atoms with Crippen molar-refractivity contribution in [2.45, 2.75) is 32.2 Å². The van der Waals surface area contributed by atoms with Crippen LogP contribution in [0.15, 0.2) is 67.1 Å². The molecule has 2 N–H and O–H groups in total. The molecule has 0 aliphatic heterocycles. The molecule has 4 aromatic heterocycles. The number of carbonyl (C=O) groups is 1. The summed E-state index contributed by atoms with van der Waals surface area (Å²) in [7, 11) is 1.95. The van der Waals surface area contributed by atoms with Gasteiger partial charge in [-0.2, -0.15) is 9.61 Å². The summed E-state index contributed by atoms with van der Waals surface area (Å²) in [6, 6.07) is 15.8. The number of hydrogen-bond acceptors (Lipinski definition) is 5. The number of hydrogen-bond donors (Lipinski definition) is 2. The van der Waals surface area contributed by atoms with Crippen LogP contribution >= 0.6 is 0 Å². The van der Waals surface area contributed by atoms with Crippen molar-refractivity contribution in [2.24, 2.45) is 0 Å². The molecule has 6 rings (SSSR count). The maximum atomic E-state index is 11.7. The summed E-state index contributed by atoms with van der Waals surface area (Å²) in [6.07, 6.45) is 10.9. The van der Waals surface area contributed by atoms with Gasteiger partial charge in [0.25, 0.3) is 0 Å². The summed E-state index contributed by atoms with van der Waals surface area (Å²) >= 11 is 0. The highest BCUT2D eigenvalue weighted by Crippen LogP contribution is 2.30. The molecular formula is C26H26N6O2. The Kier molecular flexibility index (Phi) is 5.95. The van der Waals surface area contributed by atoms with Crippen LogP contribution in [0.2, 0.25) is 0 Å². The van der Waals surface area contributed by atoms with Crippen LogP contribution in [0.3, 0.4) is 0 Å². The number of nitrogens with one attached hydrogen (secondary N) is 1. The SMILES string of the molecule is C1CCC1.CN(Cc1ccccc1)c1cc(-c2c[nH]c3ncccc23)nc2c(C(=O)O)cnn12. The number of aromatic amines is 1. The molecule has 0 amide bonds. The first-order valence-electron chi connectivity index (χ1n) is 11.4. The van der Waals surface area contributed by atoms with Gasteiger partial charge in [-0.3, -0.25) is 0 Å². The molecule has 0 saturated heterocycles. The number of nitrogens with zero attached hydrogens (tertiary/aromatic N) is 5. The van der Waals surface area contributed by atoms with Crippen LogP contribution in [0.25, 0.3) is 27.9 Å². The molecule has 4 heterocycles. The number of carboxylic acids is 1. The highest BCUT2D eigenvalue weighted by Gasteiger charge is 2.20. The molecule has 34 heavy (non-hydrogen) atoms. The second kappa shape index (κ2) is 9.35. The van der Waals surface area contributed by atoms with E-state index in [1.807, 2.05) is 66.7 Å². The Hall–Kier alpha value is -4.20. The van der Waals surface area contributed by atoms with Crippen molar-refractivity contribution in [1.29, 1.82) is 0 Å². The zero-order chi connectivity index (χ0) is 23.5. The minimum Gasteiger partial charge on any atom is -0.477 e. The number of H-pyrrole nitrogens is 1. The Bertz CT molecular complexity index is 1430. The maximum absolute atomic E-state index is 11.7. The normalized spacial score (nSPS) is 12.7. The highest BCUT2D eigenvalue weighted by molar-refractivity contribution is 5.96. The number of aromatic carboxylic acids is 1. The zero-order valence-corrected chi connectivity index (χ0v) is 19.0. The lowest BCUT2D eigenvalue weighted by Gasteiger charge is -2.21. The molecule has 0 atom stereocenters. The molecule has 1 saturated carbocycles. The van der Waals surface area contributed by atoms with E-state index < -0.39 is 5.97 Å². The molecule has 8 heteroatoms. The molecule has 8 nitrogen and oxygen atoms in total. The second-order valence-electron chi connectivity index (χ2n) is 8.46. The fourth-order valence-corrected chi connectivity index (χ4v) is 3.86. The number of pyridine rings is 1. The third-order valence-corrected chi connectivity index (χ3v) is 6.06. The highest BCUT2D eigenvalue weighted by atomic mass is 16.4. The molecule has 0 radical (unpaired) electrons. The number of benzene rings is 1. The number of fused-ring (bicyclic) bond motifs is 2. The second-order valence-corrected chi connectivity index (χ2v) is 8.46. The average Bonchev–Trinajstić information content (AvgIpc) is 3.42. The van der Waals surface area contributed by atoms with Crippen molar-refractivity contribution in [3.8, 4) is 11.3 Å². The third kappa shape index (κ3) is 4.22. The first-order chi connectivity index (χ1) is 16.6. The van der Waals surface area contributed by atoms with Crippen molar-refractivity contribution in [2.75, 3.05) is 11.9 Å². The van der Waals surface area contributed by atoms with E-state index in [4.69, 9.17) is 0 Å². The Balaban J connectivity index is 0.000000547. The van der Waals surface area contributed by atoms with E-state index in [0.29, 0.717) is 17.9 Å². The molecule has 1 aliphatic carbocycles. The van der Waals surface area contributed by atoms with E-state index in [-0.39, 0.29) is 5.56 Å². The number of carboxylic acid groups (broad SMARTS) is 1. The molecule has 1 fully saturated rings. The largest absolute Gasteiger partial charge is 0.477 e. The van der Waals surface area contributed by atoms with Gasteiger partial charge in [0.15, 0.2) is 5.65 Å². The van der Waals surface area contributed by atoms with Gasteiger partial charge in [-0.05, 0) is 17.7 Å². The summed E-state index contributed by atoms with van der Waals surface area (Å²) in [5.74, 6) is -0.323. The van der Waals surface area contributed by atoms with Gasteiger partial charge in [0.2, 0.25) is 0 Å². The van der Waals surface area contributed by atoms with Gasteiger partial charge < -0.3 is 15.0 Å². The summed E-state index contributed by atoms with van der Waals surface area (Å²) in [4.78, 5) is 25.9. The molecular weight excluding hydrogens is 428 g/mol. The molecule has 1 aliphatic rings. The topological polar surface area (TPSA) is 99.4 Å². The van der Waals surface area contributed by atoms with Crippen LogP contribution in [0.4, 0.5) is 5.82 Å². The van der Waals surface area contributed by atoms with Gasteiger partial charge >= 0.3 is 5.97 Å². The standard InChI is InChI=1S/C22H18N6O2.C4H8/c1-27(13-14-6-3-2-4-7-14)19-10-18(16-11-24-20-15(16)8-5-9-23-20)26-21-17(22(29)30)12-25-28(19)21;1-2-4-3-1/h2-12H,13H2,1H3,(H,23,24)(H,29,30);1-4H2. The van der Waals surface area contributed by atoms with Crippen molar-refractivity contribution in [3.63, 3.8) is 0 Å². The number of rotatable bonds is 5. The van der Waals surface area contributed by atoms with Gasteiger partial charge in [0, 0.05) is 43.0 Å². The van der Waals surface area contributed by atoms with Crippen LogP contribution in [0, 0.1) is 0 Å². The fourth-order valence-electron chi connectivity index (χ4n) is 3.86. The maximum Gasteiger partial charge on any atom is 0.341 e. The van der Waals surface area contributed by atoms with Crippen LogP contribution in [0.5, 0.6) is 0 Å². The summed E-state index contributed by atoms with van der Waals surface area (Å²) in [6.45, 7) is 0.636. The quantitative estimate of drug-likeness (QED) is 0.380. The van der Waals surface area contributed by atoms with E-state index >= 15 is 0 Å². The molecule has 1 aromatic carbocycles. The minimum absolute atomic E-state index is 0.0594. The van der Waals surface area contributed by atoms with Gasteiger partial charge in [-0.25, -0.2) is 14.8 Å². The lowest BCUT2D eigenvalue weighted by Crippen LogP contribution is -2.20. The Morgan fingerprint density at radius 2 is 1.88 bits per heavy atom. The molecule has 5 aromatic rings. The van der Waals surface area contributed by atoms with Crippen LogP contribution in [-0.4, -0.2) is 42.7 Å². The predicted molar refractivity (Wildman–Crippen MR) is 132 cm³/mol. The molecule has 0 bridgehead atoms. The Morgan fingerprint density at radius 1 is 1.12 bits per heavy atom. The van der Waals surface area contributed by atoms with Gasteiger partial charge in [-0.15, -0.1) is 0 Å². The van der Waals surface area contributed by atoms with Gasteiger partial charge in [0.05, 0.1) is 11.9 Å². The van der Waals surface area contributed by atoms with Crippen molar-refractivity contribution < 1.29 is 9.90 Å². The molecule has 172 valence electrons. The lowest BCUT2D eigenvalue weighted by molar-refractivity contribution is 0.0698. The fraction of sp³-hybridized carbons (Fsp3) is 0.231. The third-order valence-electron chi connectivity index (χ3n) is 6.06. The predicted octanol–water partition coefficient (Wildman–Crippen LogP) is 5.17. The van der Waals surface area contributed by atoms with Crippen molar-refractivity contribution in [1.82, 2.24) is 24.6 Å². The van der Waals surface area contributed by atoms with E-state index in [1.165, 1.54) is 31.9 Å². The first kappa shape index (κ1) is 21.6.